The molecule has 1 nitrogen and oxygen atoms in total. The molecule has 0 aliphatic heterocycles. The van der Waals surface area contributed by atoms with E-state index in [9.17, 15) is 0 Å². The number of fused-ring (bicyclic) bond motifs is 4. The molecule has 11 rings (SSSR count). The van der Waals surface area contributed by atoms with Gasteiger partial charge in [0.1, 0.15) is 0 Å². The third-order valence-corrected chi connectivity index (χ3v) is 12.4. The van der Waals surface area contributed by atoms with Crippen LogP contribution in [0.5, 0.6) is 0 Å². The van der Waals surface area contributed by atoms with Crippen LogP contribution in [0.15, 0.2) is 194 Å². The maximum Gasteiger partial charge on any atom is 0.0491 e. The van der Waals surface area contributed by atoms with E-state index in [-0.39, 0.29) is 0 Å². The first-order chi connectivity index (χ1) is 29.2. The van der Waals surface area contributed by atoms with Gasteiger partial charge in [0, 0.05) is 28.4 Å². The van der Waals surface area contributed by atoms with Gasteiger partial charge in [-0.1, -0.05) is 182 Å². The Hall–Kier alpha value is -7.22. The van der Waals surface area contributed by atoms with Gasteiger partial charge in [0.05, 0.1) is 0 Å². The topological polar surface area (TPSA) is 4.93 Å². The first-order valence-electron chi connectivity index (χ1n) is 20.9. The summed E-state index contributed by atoms with van der Waals surface area (Å²) >= 11 is 0. The fraction of sp³-hybridized carbons (Fsp3) is 0.0690. The largest absolute Gasteiger partial charge is 0.341 e. The van der Waals surface area contributed by atoms with Crippen molar-refractivity contribution in [1.29, 1.82) is 0 Å². The minimum Gasteiger partial charge on any atom is -0.341 e. The molecule has 0 N–H and O–H groups in total. The zero-order chi connectivity index (χ0) is 39.3. The molecule has 0 radical (unpaired) electrons. The number of nitrogens with zero attached hydrogens (tertiary/aromatic N) is 1. The third kappa shape index (κ3) is 6.27. The fourth-order valence-corrected chi connectivity index (χ4v) is 9.62. The van der Waals surface area contributed by atoms with Gasteiger partial charge in [-0.05, 0) is 132 Å². The summed E-state index contributed by atoms with van der Waals surface area (Å²) in [6, 6.07) is 71.8. The van der Waals surface area contributed by atoms with Crippen LogP contribution >= 0.6 is 0 Å². The zero-order valence-corrected chi connectivity index (χ0v) is 33.2. The van der Waals surface area contributed by atoms with E-state index >= 15 is 0 Å². The normalized spacial score (nSPS) is 12.6. The molecule has 0 bridgehead atoms. The molecule has 0 saturated carbocycles. The Labute approximate surface area is 345 Å². The minimum atomic E-state index is 0.820. The standard InChI is InChI=1S/C58H43N/c1-2-59-55-31-23-40(34-49(41-15-7-4-8-16-41)37-48-27-26-45-25-24-43-19-12-20-44-28-30-52(48)58(45)57(43)44)35-53(55)54-38-46(29-32-56(54)59)50(33-39-13-5-3-6-14-39)36-47-21-11-18-42-17-9-10-22-51(42)47/h3-33,35,37-38H,2,34,36H2,1H3/b49-37-,50-33?. The lowest BCUT2D eigenvalue weighted by atomic mass is 9.90. The summed E-state index contributed by atoms with van der Waals surface area (Å²) in [4.78, 5) is 0. The van der Waals surface area contributed by atoms with E-state index in [1.165, 1.54) is 109 Å². The summed E-state index contributed by atoms with van der Waals surface area (Å²) in [6.07, 6.45) is 6.48. The number of hydrogen-bond acceptors (Lipinski definition) is 0. The van der Waals surface area contributed by atoms with E-state index in [1.54, 1.807) is 0 Å². The molecule has 1 aromatic heterocycles. The average Bonchev–Trinajstić information content (AvgIpc) is 3.61. The smallest absolute Gasteiger partial charge is 0.0491 e. The molecule has 280 valence electrons. The molecular weight excluding hydrogens is 711 g/mol. The number of aromatic nitrogens is 1. The molecular formula is C58H43N. The van der Waals surface area contributed by atoms with Crippen LogP contribution in [0.1, 0.15) is 40.3 Å². The molecule has 59 heavy (non-hydrogen) atoms. The Morgan fingerprint density at radius 2 is 1.05 bits per heavy atom. The molecule has 10 aromatic carbocycles. The predicted molar refractivity (Wildman–Crippen MR) is 255 cm³/mol. The Balaban J connectivity index is 1.04. The molecule has 0 fully saturated rings. The third-order valence-electron chi connectivity index (χ3n) is 12.4. The number of aryl methyl sites for hydroxylation is 1. The predicted octanol–water partition coefficient (Wildman–Crippen LogP) is 15.4. The summed E-state index contributed by atoms with van der Waals surface area (Å²) in [5.74, 6) is 0. The van der Waals surface area contributed by atoms with E-state index in [2.05, 4.69) is 218 Å². The molecule has 11 aromatic rings. The van der Waals surface area contributed by atoms with Crippen LogP contribution in [-0.2, 0) is 19.4 Å². The van der Waals surface area contributed by atoms with E-state index in [0.717, 1.165) is 19.4 Å². The van der Waals surface area contributed by atoms with Gasteiger partial charge in [-0.25, -0.2) is 0 Å². The minimum absolute atomic E-state index is 0.820. The molecule has 1 heterocycles. The zero-order valence-electron chi connectivity index (χ0n) is 33.2. The Kier molecular flexibility index (Phi) is 8.67. The van der Waals surface area contributed by atoms with Crippen LogP contribution in [0.3, 0.4) is 0 Å². The quantitative estimate of drug-likeness (QED) is 0.102. The van der Waals surface area contributed by atoms with Crippen molar-refractivity contribution < 1.29 is 0 Å². The van der Waals surface area contributed by atoms with Crippen LogP contribution in [0, 0.1) is 0 Å². The first-order valence-corrected chi connectivity index (χ1v) is 20.9. The molecule has 0 spiro atoms. The first kappa shape index (κ1) is 35.0. The average molecular weight is 754 g/mol. The second-order valence-corrected chi connectivity index (χ2v) is 15.9. The Bertz CT molecular complexity index is 3380. The van der Waals surface area contributed by atoms with Gasteiger partial charge < -0.3 is 4.57 Å². The van der Waals surface area contributed by atoms with Crippen molar-refractivity contribution in [2.45, 2.75) is 26.3 Å². The molecule has 0 amide bonds. The van der Waals surface area contributed by atoms with Crippen LogP contribution in [0.25, 0.3) is 88.2 Å². The van der Waals surface area contributed by atoms with E-state index in [1.807, 2.05) is 0 Å². The lowest BCUT2D eigenvalue weighted by Crippen LogP contribution is -1.95. The van der Waals surface area contributed by atoms with Crippen LogP contribution < -0.4 is 0 Å². The van der Waals surface area contributed by atoms with Gasteiger partial charge in [0.2, 0.25) is 0 Å². The van der Waals surface area contributed by atoms with E-state index in [4.69, 9.17) is 0 Å². The lowest BCUT2D eigenvalue weighted by molar-refractivity contribution is 0.827. The highest BCUT2D eigenvalue weighted by atomic mass is 15.0. The second kappa shape index (κ2) is 14.6. The number of rotatable bonds is 9. The van der Waals surface area contributed by atoms with E-state index < -0.39 is 0 Å². The second-order valence-electron chi connectivity index (χ2n) is 15.9. The molecule has 0 atom stereocenters. The van der Waals surface area contributed by atoms with Gasteiger partial charge in [-0.15, -0.1) is 0 Å². The fourth-order valence-electron chi connectivity index (χ4n) is 9.62. The van der Waals surface area contributed by atoms with Gasteiger partial charge in [-0.2, -0.15) is 0 Å². The van der Waals surface area contributed by atoms with Crippen LogP contribution in [0.4, 0.5) is 0 Å². The summed E-state index contributed by atoms with van der Waals surface area (Å²) < 4.78 is 2.47. The van der Waals surface area contributed by atoms with Crippen molar-refractivity contribution in [3.8, 4) is 0 Å². The van der Waals surface area contributed by atoms with Gasteiger partial charge in [-0.3, -0.25) is 0 Å². The van der Waals surface area contributed by atoms with Crippen molar-refractivity contribution in [2.24, 2.45) is 0 Å². The molecule has 0 saturated heterocycles. The van der Waals surface area contributed by atoms with Crippen molar-refractivity contribution in [3.05, 3.63) is 228 Å². The van der Waals surface area contributed by atoms with Crippen molar-refractivity contribution in [3.63, 3.8) is 0 Å². The SMILES string of the molecule is CCn1c2ccc(C/C(=C/c3ccc4ccc5cccc6ccc3c4c56)c3ccccc3)cc2c2cc(C(=Cc3ccccc3)Cc3cccc4ccccc34)ccc21. The van der Waals surface area contributed by atoms with Crippen molar-refractivity contribution >= 4 is 88.2 Å². The lowest BCUT2D eigenvalue weighted by Gasteiger charge is -2.14. The molecule has 0 aliphatic carbocycles. The number of hydrogen-bond donors (Lipinski definition) is 0. The highest BCUT2D eigenvalue weighted by Gasteiger charge is 2.16. The van der Waals surface area contributed by atoms with Crippen molar-refractivity contribution in [1.82, 2.24) is 4.57 Å². The molecule has 1 heteroatoms. The Morgan fingerprint density at radius 1 is 0.424 bits per heavy atom. The summed E-state index contributed by atoms with van der Waals surface area (Å²) in [5.41, 5.74) is 12.8. The van der Waals surface area contributed by atoms with Crippen molar-refractivity contribution in [2.75, 3.05) is 0 Å². The van der Waals surface area contributed by atoms with Crippen LogP contribution in [-0.4, -0.2) is 4.57 Å². The van der Waals surface area contributed by atoms with Crippen LogP contribution in [0.2, 0.25) is 0 Å². The van der Waals surface area contributed by atoms with Gasteiger partial charge in [0.25, 0.3) is 0 Å². The Morgan fingerprint density at radius 3 is 1.86 bits per heavy atom. The summed E-state index contributed by atoms with van der Waals surface area (Å²) in [7, 11) is 0. The number of allylic oxidation sites excluding steroid dienone is 2. The molecule has 0 aliphatic rings. The number of benzene rings is 10. The summed E-state index contributed by atoms with van der Waals surface area (Å²) in [5, 5.41) is 13.1. The monoisotopic (exact) mass is 753 g/mol. The molecule has 0 unspecified atom stereocenters. The van der Waals surface area contributed by atoms with Gasteiger partial charge >= 0.3 is 0 Å². The van der Waals surface area contributed by atoms with E-state index in [0.29, 0.717) is 0 Å². The van der Waals surface area contributed by atoms with Gasteiger partial charge in [0.15, 0.2) is 0 Å². The highest BCUT2D eigenvalue weighted by Crippen LogP contribution is 2.39. The maximum absolute atomic E-state index is 2.47. The highest BCUT2D eigenvalue weighted by molar-refractivity contribution is 6.24. The summed E-state index contributed by atoms with van der Waals surface area (Å²) in [6.45, 7) is 3.17. The maximum atomic E-state index is 2.47.